The van der Waals surface area contributed by atoms with E-state index < -0.39 is 6.03 Å². The fourth-order valence-electron chi connectivity index (χ4n) is 1.87. The Morgan fingerprint density at radius 3 is 2.59 bits per heavy atom. The zero-order valence-corrected chi connectivity index (χ0v) is 12.1. The number of para-hydroxylation sites is 1. The lowest BCUT2D eigenvalue weighted by Gasteiger charge is -2.12. The van der Waals surface area contributed by atoms with Gasteiger partial charge in [0.25, 0.3) is 0 Å². The van der Waals surface area contributed by atoms with Crippen molar-refractivity contribution in [2.45, 2.75) is 6.54 Å². The highest BCUT2D eigenvalue weighted by molar-refractivity contribution is 5.70. The zero-order chi connectivity index (χ0) is 15.8. The van der Waals surface area contributed by atoms with Gasteiger partial charge in [-0.25, -0.2) is 9.86 Å². The van der Waals surface area contributed by atoms with Gasteiger partial charge < -0.3 is 15.8 Å². The van der Waals surface area contributed by atoms with Crippen LogP contribution in [0.25, 0.3) is 0 Å². The molecule has 0 spiro atoms. The largest absolute Gasteiger partial charge is 0.457 e. The van der Waals surface area contributed by atoms with Crippen molar-refractivity contribution in [2.75, 3.05) is 13.1 Å². The normalized spacial score (nSPS) is 10.2. The second-order valence-corrected chi connectivity index (χ2v) is 4.70. The maximum absolute atomic E-state index is 10.6. The van der Waals surface area contributed by atoms with Gasteiger partial charge in [0.05, 0.1) is 6.54 Å². The molecule has 6 heteroatoms. The minimum atomic E-state index is -0.861. The summed E-state index contributed by atoms with van der Waals surface area (Å²) >= 11 is 0. The van der Waals surface area contributed by atoms with Gasteiger partial charge >= 0.3 is 6.03 Å². The summed E-state index contributed by atoms with van der Waals surface area (Å²) in [6.45, 7) is 1.16. The first kappa shape index (κ1) is 15.8. The molecule has 0 fully saturated rings. The number of carbonyl (C=O) groups is 1. The predicted octanol–water partition coefficient (Wildman–Crippen LogP) is 2.34. The first-order valence-corrected chi connectivity index (χ1v) is 6.93. The minimum absolute atomic E-state index is 0.134. The van der Waals surface area contributed by atoms with Crippen molar-refractivity contribution >= 4 is 6.03 Å². The van der Waals surface area contributed by atoms with Crippen LogP contribution in [0.4, 0.5) is 4.79 Å². The van der Waals surface area contributed by atoms with Crippen molar-refractivity contribution in [3.8, 4) is 11.5 Å². The van der Waals surface area contributed by atoms with Crippen molar-refractivity contribution in [2.24, 2.45) is 5.73 Å². The van der Waals surface area contributed by atoms with Crippen molar-refractivity contribution in [1.29, 1.82) is 0 Å². The molecule has 116 valence electrons. The third-order valence-electron chi connectivity index (χ3n) is 2.96. The Morgan fingerprint density at radius 1 is 1.14 bits per heavy atom. The molecule has 2 aromatic carbocycles. The summed E-state index contributed by atoms with van der Waals surface area (Å²) in [6.07, 6.45) is 0. The first-order valence-electron chi connectivity index (χ1n) is 6.93. The Hall–Kier alpha value is -2.57. The third-order valence-corrected chi connectivity index (χ3v) is 2.96. The van der Waals surface area contributed by atoms with Crippen LogP contribution in [0.3, 0.4) is 0 Å². The molecule has 0 aliphatic rings. The molecule has 6 nitrogen and oxygen atoms in total. The molecule has 4 N–H and O–H groups in total. The average Bonchev–Trinajstić information content (AvgIpc) is 2.52. The molecule has 0 radical (unpaired) electrons. The number of hydrogen-bond acceptors (Lipinski definition) is 4. The van der Waals surface area contributed by atoms with Gasteiger partial charge in [0.15, 0.2) is 0 Å². The summed E-state index contributed by atoms with van der Waals surface area (Å²) in [4.78, 5) is 10.6. The standard InChI is InChI=1S/C16H19N3O3/c17-16(20)19(21)10-9-18-12-13-5-4-8-15(11-13)22-14-6-2-1-3-7-14/h1-8,11,18,21H,9-10,12H2,(H2,17,20). The molecule has 0 saturated carbocycles. The van der Waals surface area contributed by atoms with Gasteiger partial charge in [0.1, 0.15) is 11.5 Å². The van der Waals surface area contributed by atoms with E-state index in [1.54, 1.807) is 0 Å². The van der Waals surface area contributed by atoms with Crippen LogP contribution in [0.1, 0.15) is 5.56 Å². The number of urea groups is 1. The van der Waals surface area contributed by atoms with E-state index in [-0.39, 0.29) is 6.54 Å². The van der Waals surface area contributed by atoms with Crippen molar-refractivity contribution in [1.82, 2.24) is 10.4 Å². The van der Waals surface area contributed by atoms with Crippen LogP contribution >= 0.6 is 0 Å². The molecule has 22 heavy (non-hydrogen) atoms. The molecule has 0 bridgehead atoms. The van der Waals surface area contributed by atoms with Gasteiger partial charge in [-0.3, -0.25) is 5.21 Å². The van der Waals surface area contributed by atoms with Crippen molar-refractivity contribution < 1.29 is 14.7 Å². The number of hydrogen-bond donors (Lipinski definition) is 3. The fraction of sp³-hybridized carbons (Fsp3) is 0.188. The Kier molecular flexibility index (Phi) is 5.76. The number of nitrogens with two attached hydrogens (primary N) is 1. The second-order valence-electron chi connectivity index (χ2n) is 4.70. The number of hydroxylamine groups is 2. The highest BCUT2D eigenvalue weighted by atomic mass is 16.5. The fourth-order valence-corrected chi connectivity index (χ4v) is 1.87. The van der Waals surface area contributed by atoms with Gasteiger partial charge in [-0.1, -0.05) is 30.3 Å². The summed E-state index contributed by atoms with van der Waals surface area (Å²) in [7, 11) is 0. The Balaban J connectivity index is 1.83. The second kappa shape index (κ2) is 8.02. The molecule has 0 saturated heterocycles. The number of rotatable bonds is 7. The highest BCUT2D eigenvalue weighted by Gasteiger charge is 2.04. The topological polar surface area (TPSA) is 87.8 Å². The summed E-state index contributed by atoms with van der Waals surface area (Å²) in [5.41, 5.74) is 5.95. The number of amides is 2. The van der Waals surface area contributed by atoms with Gasteiger partial charge in [0, 0.05) is 13.1 Å². The quantitative estimate of drug-likeness (QED) is 0.416. The Bertz CT molecular complexity index is 605. The highest BCUT2D eigenvalue weighted by Crippen LogP contribution is 2.21. The van der Waals surface area contributed by atoms with Crippen LogP contribution in [-0.4, -0.2) is 29.4 Å². The maximum atomic E-state index is 10.6. The van der Waals surface area contributed by atoms with E-state index in [1.807, 2.05) is 54.6 Å². The maximum Gasteiger partial charge on any atom is 0.338 e. The first-order chi connectivity index (χ1) is 10.6. The van der Waals surface area contributed by atoms with E-state index >= 15 is 0 Å². The third kappa shape index (κ3) is 5.08. The number of carbonyl (C=O) groups excluding carboxylic acids is 1. The van der Waals surface area contributed by atoms with Crippen LogP contribution in [0, 0.1) is 0 Å². The predicted molar refractivity (Wildman–Crippen MR) is 82.7 cm³/mol. The zero-order valence-electron chi connectivity index (χ0n) is 12.1. The van der Waals surface area contributed by atoms with E-state index in [9.17, 15) is 4.79 Å². The van der Waals surface area contributed by atoms with Crippen molar-refractivity contribution in [3.63, 3.8) is 0 Å². The summed E-state index contributed by atoms with van der Waals surface area (Å²) in [5, 5.41) is 12.7. The van der Waals surface area contributed by atoms with E-state index in [1.165, 1.54) is 0 Å². The molecule has 0 atom stereocenters. The molecule has 0 unspecified atom stereocenters. The van der Waals surface area contributed by atoms with Crippen LogP contribution in [-0.2, 0) is 6.54 Å². The van der Waals surface area contributed by atoms with Crippen LogP contribution < -0.4 is 15.8 Å². The molecule has 2 rings (SSSR count). The van der Waals surface area contributed by atoms with Crippen LogP contribution in [0.5, 0.6) is 11.5 Å². The molecular weight excluding hydrogens is 282 g/mol. The monoisotopic (exact) mass is 301 g/mol. The number of nitrogens with zero attached hydrogens (tertiary/aromatic N) is 1. The van der Waals surface area contributed by atoms with Gasteiger partial charge in [0.2, 0.25) is 0 Å². The molecule has 0 aliphatic heterocycles. The van der Waals surface area contributed by atoms with Gasteiger partial charge in [-0.05, 0) is 29.8 Å². The molecule has 2 aromatic rings. The number of nitrogens with one attached hydrogen (secondary N) is 1. The minimum Gasteiger partial charge on any atom is -0.457 e. The number of benzene rings is 2. The Labute approximate surface area is 129 Å². The van der Waals surface area contributed by atoms with E-state index in [4.69, 9.17) is 15.7 Å². The van der Waals surface area contributed by atoms with E-state index in [2.05, 4.69) is 5.32 Å². The van der Waals surface area contributed by atoms with Gasteiger partial charge in [-0.15, -0.1) is 0 Å². The number of primary amides is 1. The van der Waals surface area contributed by atoms with Crippen molar-refractivity contribution in [3.05, 3.63) is 60.2 Å². The molecule has 0 heterocycles. The van der Waals surface area contributed by atoms with E-state index in [0.717, 1.165) is 17.1 Å². The lowest BCUT2D eigenvalue weighted by Crippen LogP contribution is -2.37. The van der Waals surface area contributed by atoms with Crippen LogP contribution in [0.15, 0.2) is 54.6 Å². The lowest BCUT2D eigenvalue weighted by atomic mass is 10.2. The average molecular weight is 301 g/mol. The Morgan fingerprint density at radius 2 is 1.86 bits per heavy atom. The SMILES string of the molecule is NC(=O)N(O)CCNCc1cccc(Oc2ccccc2)c1. The molecule has 0 aliphatic carbocycles. The summed E-state index contributed by atoms with van der Waals surface area (Å²) in [5.74, 6) is 1.54. The number of ether oxygens (including phenoxy) is 1. The molecule has 2 amide bonds. The summed E-state index contributed by atoms with van der Waals surface area (Å²) in [6, 6.07) is 16.4. The van der Waals surface area contributed by atoms with Gasteiger partial charge in [-0.2, -0.15) is 0 Å². The van der Waals surface area contributed by atoms with Crippen LogP contribution in [0.2, 0.25) is 0 Å². The molecule has 0 aromatic heterocycles. The lowest BCUT2D eigenvalue weighted by molar-refractivity contribution is -0.0380. The smallest absolute Gasteiger partial charge is 0.338 e. The molecular formula is C16H19N3O3. The summed E-state index contributed by atoms with van der Waals surface area (Å²) < 4.78 is 5.76. The van der Waals surface area contributed by atoms with E-state index in [0.29, 0.717) is 18.2 Å².